The summed E-state index contributed by atoms with van der Waals surface area (Å²) in [5.41, 5.74) is 5.73. The van der Waals surface area contributed by atoms with Gasteiger partial charge in [0.1, 0.15) is 0 Å². The number of rotatable bonds is 3. The number of benzene rings is 1. The van der Waals surface area contributed by atoms with Crippen LogP contribution in [0.25, 0.3) is 5.69 Å². The summed E-state index contributed by atoms with van der Waals surface area (Å²) in [7, 11) is 0. The highest BCUT2D eigenvalue weighted by molar-refractivity contribution is 7.73. The molecule has 1 aliphatic carbocycles. The molecule has 0 N–H and O–H groups in total. The summed E-state index contributed by atoms with van der Waals surface area (Å²) >= 11 is 7.66. The lowest BCUT2D eigenvalue weighted by atomic mass is 9.92. The smallest absolute Gasteiger partial charge is 0.166 e. The van der Waals surface area contributed by atoms with Crippen molar-refractivity contribution in [2.75, 3.05) is 0 Å². The Morgan fingerprint density at radius 2 is 1.57 bits per heavy atom. The molecule has 0 fully saturated rings. The van der Waals surface area contributed by atoms with Gasteiger partial charge < -0.3 is 0 Å². The van der Waals surface area contributed by atoms with Gasteiger partial charge in [0.25, 0.3) is 0 Å². The molecular weight excluding hydrogens is 318 g/mol. The Hall–Kier alpha value is -0.930. The van der Waals surface area contributed by atoms with Crippen molar-refractivity contribution in [3.63, 3.8) is 0 Å². The maximum Gasteiger partial charge on any atom is 0.166 e. The van der Waals surface area contributed by atoms with Gasteiger partial charge in [-0.2, -0.15) is 0 Å². The maximum absolute atomic E-state index is 5.82. The number of para-hydroxylation sites is 1. The van der Waals surface area contributed by atoms with Crippen LogP contribution in [0.3, 0.4) is 0 Å². The molecule has 0 amide bonds. The van der Waals surface area contributed by atoms with E-state index in [1.807, 2.05) is 11.3 Å². The Kier molecular flexibility index (Phi) is 5.07. The van der Waals surface area contributed by atoms with Gasteiger partial charge in [0.2, 0.25) is 0 Å². The van der Waals surface area contributed by atoms with E-state index in [0.29, 0.717) is 11.8 Å². The highest BCUT2D eigenvalue weighted by atomic mass is 32.1. The van der Waals surface area contributed by atoms with Crippen LogP contribution in [0, 0.1) is 3.95 Å². The minimum atomic E-state index is 0.506. The van der Waals surface area contributed by atoms with Crippen molar-refractivity contribution in [1.29, 1.82) is 0 Å². The van der Waals surface area contributed by atoms with Gasteiger partial charge in [-0.15, -0.1) is 11.3 Å². The summed E-state index contributed by atoms with van der Waals surface area (Å²) < 4.78 is 3.47. The molecule has 1 heterocycles. The van der Waals surface area contributed by atoms with Crippen LogP contribution in [0.2, 0.25) is 0 Å². The van der Waals surface area contributed by atoms with E-state index in [1.54, 1.807) is 0 Å². The number of hydrogen-bond donors (Lipinski definition) is 0. The molecule has 0 bridgehead atoms. The zero-order chi connectivity index (χ0) is 16.6. The van der Waals surface area contributed by atoms with Gasteiger partial charge in [-0.25, -0.2) is 0 Å². The number of nitrogens with zero attached hydrogens (tertiary/aromatic N) is 1. The number of thiazole rings is 1. The largest absolute Gasteiger partial charge is 0.295 e. The number of aryl methyl sites for hydroxylation is 1. The molecule has 124 valence electrons. The van der Waals surface area contributed by atoms with Gasteiger partial charge in [0.15, 0.2) is 3.95 Å². The zero-order valence-corrected chi connectivity index (χ0v) is 16.3. The minimum absolute atomic E-state index is 0.506. The van der Waals surface area contributed by atoms with Gasteiger partial charge >= 0.3 is 0 Å². The Bertz CT molecular complexity index is 723. The van der Waals surface area contributed by atoms with Crippen molar-refractivity contribution in [1.82, 2.24) is 4.57 Å². The second-order valence-corrected chi connectivity index (χ2v) is 8.96. The Morgan fingerprint density at radius 1 is 0.957 bits per heavy atom. The summed E-state index contributed by atoms with van der Waals surface area (Å²) in [5.74, 6) is 1.01. The highest BCUT2D eigenvalue weighted by Gasteiger charge is 2.22. The Morgan fingerprint density at radius 3 is 2.17 bits per heavy atom. The minimum Gasteiger partial charge on any atom is -0.295 e. The molecule has 3 rings (SSSR count). The lowest BCUT2D eigenvalue weighted by molar-refractivity contribution is 0.700. The van der Waals surface area contributed by atoms with E-state index in [1.165, 1.54) is 59.5 Å². The van der Waals surface area contributed by atoms with Gasteiger partial charge in [-0.3, -0.25) is 4.57 Å². The summed E-state index contributed by atoms with van der Waals surface area (Å²) in [6.07, 6.45) is 6.32. The third-order valence-electron chi connectivity index (χ3n) is 4.87. The lowest BCUT2D eigenvalue weighted by Gasteiger charge is -2.22. The first-order valence-corrected chi connectivity index (χ1v) is 10.1. The van der Waals surface area contributed by atoms with Crippen molar-refractivity contribution in [2.24, 2.45) is 0 Å². The van der Waals surface area contributed by atoms with Gasteiger partial charge in [-0.05, 0) is 60.9 Å². The van der Waals surface area contributed by atoms with Crippen LogP contribution in [0.4, 0.5) is 0 Å². The van der Waals surface area contributed by atoms with Gasteiger partial charge in [0, 0.05) is 10.6 Å². The fraction of sp³-hybridized carbons (Fsp3) is 0.550. The average Bonchev–Trinajstić information content (AvgIpc) is 2.67. The molecule has 1 aliphatic rings. The summed E-state index contributed by atoms with van der Waals surface area (Å²) in [5, 5.41) is 0. The first-order chi connectivity index (χ1) is 11.0. The normalized spacial score (nSPS) is 15.0. The number of aromatic nitrogens is 1. The SMILES string of the molecule is CC(C)c1cccc(C(C)C)c1-n1c2c(sc1=S)CCCCC2. The monoisotopic (exact) mass is 345 g/mol. The molecule has 0 spiro atoms. The topological polar surface area (TPSA) is 4.93 Å². The second kappa shape index (κ2) is 6.90. The summed E-state index contributed by atoms with van der Waals surface area (Å²) in [6, 6.07) is 6.78. The van der Waals surface area contributed by atoms with Crippen LogP contribution in [0.1, 0.15) is 80.5 Å². The fourth-order valence-corrected chi connectivity index (χ4v) is 5.21. The van der Waals surface area contributed by atoms with Crippen LogP contribution in [0.5, 0.6) is 0 Å². The van der Waals surface area contributed by atoms with Crippen LogP contribution >= 0.6 is 23.6 Å². The van der Waals surface area contributed by atoms with Crippen LogP contribution in [-0.4, -0.2) is 4.57 Å². The van der Waals surface area contributed by atoms with E-state index in [2.05, 4.69) is 50.5 Å². The molecule has 1 nitrogen and oxygen atoms in total. The van der Waals surface area contributed by atoms with Crippen molar-refractivity contribution in [3.05, 3.63) is 43.9 Å². The first-order valence-electron chi connectivity index (χ1n) is 8.87. The van der Waals surface area contributed by atoms with Crippen molar-refractivity contribution < 1.29 is 0 Å². The molecule has 0 unspecified atom stereocenters. The number of hydrogen-bond acceptors (Lipinski definition) is 2. The third kappa shape index (κ3) is 3.18. The Balaban J connectivity index is 2.31. The molecule has 0 saturated heterocycles. The Labute approximate surface area is 149 Å². The van der Waals surface area contributed by atoms with E-state index in [-0.39, 0.29) is 0 Å². The second-order valence-electron chi connectivity index (χ2n) is 7.23. The van der Waals surface area contributed by atoms with E-state index < -0.39 is 0 Å². The van der Waals surface area contributed by atoms with Crippen LogP contribution < -0.4 is 0 Å². The van der Waals surface area contributed by atoms with Gasteiger partial charge in [-0.1, -0.05) is 52.3 Å². The van der Waals surface area contributed by atoms with Gasteiger partial charge in [0.05, 0.1) is 5.69 Å². The van der Waals surface area contributed by atoms with E-state index in [4.69, 9.17) is 12.2 Å². The van der Waals surface area contributed by atoms with Crippen molar-refractivity contribution >= 4 is 23.6 Å². The molecule has 3 heteroatoms. The van der Waals surface area contributed by atoms with E-state index in [9.17, 15) is 0 Å². The fourth-order valence-electron chi connectivity index (χ4n) is 3.64. The van der Waals surface area contributed by atoms with Crippen LogP contribution in [-0.2, 0) is 12.8 Å². The number of fused-ring (bicyclic) bond motifs is 1. The van der Waals surface area contributed by atoms with E-state index in [0.717, 1.165) is 3.95 Å². The molecule has 0 saturated carbocycles. The van der Waals surface area contributed by atoms with Crippen LogP contribution in [0.15, 0.2) is 18.2 Å². The molecule has 23 heavy (non-hydrogen) atoms. The standard InChI is InChI=1S/C20H27NS2/c1-13(2)15-9-8-10-16(14(3)4)19(15)21-17-11-6-5-7-12-18(17)23-20(21)22/h8-10,13-14H,5-7,11-12H2,1-4H3. The molecular formula is C20H27NS2. The predicted molar refractivity (Wildman–Crippen MR) is 104 cm³/mol. The molecule has 0 aliphatic heterocycles. The molecule has 1 aromatic carbocycles. The highest BCUT2D eigenvalue weighted by Crippen LogP contribution is 2.36. The predicted octanol–water partition coefficient (Wildman–Crippen LogP) is 6.78. The quantitative estimate of drug-likeness (QED) is 0.438. The lowest BCUT2D eigenvalue weighted by Crippen LogP contribution is -2.10. The van der Waals surface area contributed by atoms with Crippen molar-refractivity contribution in [2.45, 2.75) is 71.6 Å². The third-order valence-corrected chi connectivity index (χ3v) is 6.34. The first kappa shape index (κ1) is 16.9. The van der Waals surface area contributed by atoms with Crippen molar-refractivity contribution in [3.8, 4) is 5.69 Å². The molecule has 0 radical (unpaired) electrons. The summed E-state index contributed by atoms with van der Waals surface area (Å²) in [6.45, 7) is 9.16. The summed E-state index contributed by atoms with van der Waals surface area (Å²) in [4.78, 5) is 1.53. The molecule has 2 aromatic rings. The maximum atomic E-state index is 5.82. The zero-order valence-electron chi connectivity index (χ0n) is 14.7. The van der Waals surface area contributed by atoms with E-state index >= 15 is 0 Å². The molecule has 0 atom stereocenters. The average molecular weight is 346 g/mol. The molecule has 1 aromatic heterocycles.